The summed E-state index contributed by atoms with van der Waals surface area (Å²) in [4.78, 5) is 68.2. The van der Waals surface area contributed by atoms with Gasteiger partial charge >= 0.3 is 0 Å². The van der Waals surface area contributed by atoms with Gasteiger partial charge in [0.2, 0.25) is 0 Å². The van der Waals surface area contributed by atoms with Gasteiger partial charge in [0.1, 0.15) is 12.6 Å². The van der Waals surface area contributed by atoms with Crippen LogP contribution in [0.2, 0.25) is 0 Å². The summed E-state index contributed by atoms with van der Waals surface area (Å²) in [5.41, 5.74) is 1.83. The van der Waals surface area contributed by atoms with E-state index >= 15 is 0 Å². The SMILES string of the molecule is O=Cc1ccc(N2C(=O)C=CC2=O)cc1.O=Cc1cccc(N2C(=O)C=CC2=O)c1. The van der Waals surface area contributed by atoms with E-state index < -0.39 is 0 Å². The standard InChI is InChI=1S/2C11H7NO3/c13-7-8-1-3-9(4-2-8)12-10(14)5-6-11(12)15;13-7-8-2-1-3-9(6-8)12-10(14)4-5-11(12)15/h2*1-7H. The third-order valence-electron chi connectivity index (χ3n) is 4.17. The van der Waals surface area contributed by atoms with Crippen molar-refractivity contribution < 1.29 is 28.8 Å². The molecule has 30 heavy (non-hydrogen) atoms. The lowest BCUT2D eigenvalue weighted by Crippen LogP contribution is -2.29. The van der Waals surface area contributed by atoms with E-state index in [1.807, 2.05) is 0 Å². The maximum Gasteiger partial charge on any atom is 0.258 e. The fourth-order valence-corrected chi connectivity index (χ4v) is 2.75. The lowest BCUT2D eigenvalue weighted by atomic mass is 10.2. The van der Waals surface area contributed by atoms with Gasteiger partial charge in [0.25, 0.3) is 23.6 Å². The van der Waals surface area contributed by atoms with Gasteiger partial charge in [0, 0.05) is 35.4 Å². The molecule has 0 bridgehead atoms. The Kier molecular flexibility index (Phi) is 5.88. The Hall–Kier alpha value is -4.46. The average molecular weight is 402 g/mol. The van der Waals surface area contributed by atoms with Gasteiger partial charge in [0.05, 0.1) is 11.4 Å². The molecule has 2 aliphatic heterocycles. The first-order chi connectivity index (χ1) is 14.4. The van der Waals surface area contributed by atoms with E-state index in [2.05, 4.69) is 0 Å². The highest BCUT2D eigenvalue weighted by Gasteiger charge is 2.25. The van der Waals surface area contributed by atoms with Crippen molar-refractivity contribution in [3.63, 3.8) is 0 Å². The molecule has 0 saturated carbocycles. The number of hydrogen-bond donors (Lipinski definition) is 0. The van der Waals surface area contributed by atoms with Crippen molar-refractivity contribution in [1.82, 2.24) is 0 Å². The monoisotopic (exact) mass is 402 g/mol. The zero-order valence-corrected chi connectivity index (χ0v) is 15.4. The van der Waals surface area contributed by atoms with Gasteiger partial charge in [-0.2, -0.15) is 0 Å². The van der Waals surface area contributed by atoms with Crippen molar-refractivity contribution in [1.29, 1.82) is 0 Å². The molecule has 0 radical (unpaired) electrons. The van der Waals surface area contributed by atoms with Crippen LogP contribution >= 0.6 is 0 Å². The lowest BCUT2D eigenvalue weighted by Gasteiger charge is -2.13. The lowest BCUT2D eigenvalue weighted by molar-refractivity contribution is -0.121. The normalized spacial score (nSPS) is 14.8. The highest BCUT2D eigenvalue weighted by Crippen LogP contribution is 2.20. The summed E-state index contributed by atoms with van der Waals surface area (Å²) < 4.78 is 0. The molecule has 4 amide bonds. The highest BCUT2D eigenvalue weighted by molar-refractivity contribution is 6.28. The fraction of sp³-hybridized carbons (Fsp3) is 0. The maximum atomic E-state index is 11.3. The molecule has 0 aliphatic carbocycles. The van der Waals surface area contributed by atoms with Crippen molar-refractivity contribution in [2.75, 3.05) is 9.80 Å². The molecule has 0 unspecified atom stereocenters. The smallest absolute Gasteiger partial charge is 0.258 e. The number of benzene rings is 2. The number of amides is 4. The van der Waals surface area contributed by atoms with Crippen molar-refractivity contribution in [3.05, 3.63) is 84.0 Å². The highest BCUT2D eigenvalue weighted by atomic mass is 16.2. The van der Waals surface area contributed by atoms with Crippen molar-refractivity contribution >= 4 is 47.6 Å². The summed E-state index contributed by atoms with van der Waals surface area (Å²) in [6.45, 7) is 0. The Morgan fingerprint density at radius 1 is 0.533 bits per heavy atom. The molecule has 8 heteroatoms. The Morgan fingerprint density at radius 2 is 1.00 bits per heavy atom. The molecule has 2 aromatic rings. The van der Waals surface area contributed by atoms with Crippen LogP contribution in [0.1, 0.15) is 20.7 Å². The van der Waals surface area contributed by atoms with Crippen LogP contribution in [0.15, 0.2) is 72.8 Å². The zero-order valence-electron chi connectivity index (χ0n) is 15.4. The Balaban J connectivity index is 0.000000171. The van der Waals surface area contributed by atoms with Crippen molar-refractivity contribution in [3.8, 4) is 0 Å². The number of carbonyl (C=O) groups is 6. The van der Waals surface area contributed by atoms with Crippen LogP contribution in [0.25, 0.3) is 0 Å². The second-order valence-electron chi connectivity index (χ2n) is 6.11. The molecule has 2 aliphatic rings. The van der Waals surface area contributed by atoms with Gasteiger partial charge in [-0.15, -0.1) is 0 Å². The van der Waals surface area contributed by atoms with E-state index in [-0.39, 0.29) is 23.6 Å². The van der Waals surface area contributed by atoms with Gasteiger partial charge < -0.3 is 0 Å². The van der Waals surface area contributed by atoms with Crippen LogP contribution in [0.4, 0.5) is 11.4 Å². The largest absolute Gasteiger partial charge is 0.298 e. The molecule has 0 atom stereocenters. The summed E-state index contributed by atoms with van der Waals surface area (Å²) >= 11 is 0. The summed E-state index contributed by atoms with van der Waals surface area (Å²) in [7, 11) is 0. The second kappa shape index (κ2) is 8.70. The van der Waals surface area contributed by atoms with Gasteiger partial charge in [-0.05, 0) is 36.4 Å². The average Bonchev–Trinajstić information content (AvgIpc) is 3.28. The quantitative estimate of drug-likeness (QED) is 0.570. The number of carbonyl (C=O) groups excluding carboxylic acids is 6. The molecule has 0 N–H and O–H groups in total. The number of imide groups is 2. The summed E-state index contributed by atoms with van der Waals surface area (Å²) in [6, 6.07) is 12.6. The third kappa shape index (κ3) is 4.17. The van der Waals surface area contributed by atoms with Crippen LogP contribution in [0, 0.1) is 0 Å². The van der Waals surface area contributed by atoms with Crippen LogP contribution < -0.4 is 9.80 Å². The van der Waals surface area contributed by atoms with Crippen LogP contribution in [0.5, 0.6) is 0 Å². The van der Waals surface area contributed by atoms with Crippen LogP contribution in [-0.2, 0) is 19.2 Å². The van der Waals surface area contributed by atoms with E-state index in [0.717, 1.165) is 9.80 Å². The van der Waals surface area contributed by atoms with Gasteiger partial charge in [-0.25, -0.2) is 9.80 Å². The molecule has 4 rings (SSSR count). The number of anilines is 2. The molecular weight excluding hydrogens is 388 g/mol. The second-order valence-corrected chi connectivity index (χ2v) is 6.11. The van der Waals surface area contributed by atoms with Crippen LogP contribution in [0.3, 0.4) is 0 Å². The molecule has 2 aromatic carbocycles. The number of aldehydes is 2. The summed E-state index contributed by atoms with van der Waals surface area (Å²) in [5, 5.41) is 0. The van der Waals surface area contributed by atoms with E-state index in [9.17, 15) is 28.8 Å². The van der Waals surface area contributed by atoms with Gasteiger partial charge in [-0.1, -0.05) is 12.1 Å². The first-order valence-electron chi connectivity index (χ1n) is 8.67. The number of hydrogen-bond acceptors (Lipinski definition) is 6. The summed E-state index contributed by atoms with van der Waals surface area (Å²) in [6.07, 6.45) is 6.22. The number of rotatable bonds is 4. The predicted octanol–water partition coefficient (Wildman–Crippen LogP) is 1.86. The van der Waals surface area contributed by atoms with E-state index in [1.54, 1.807) is 42.5 Å². The van der Waals surface area contributed by atoms with Gasteiger partial charge in [0.15, 0.2) is 0 Å². The Labute approximate surface area is 170 Å². The number of nitrogens with zero attached hydrogens (tertiary/aromatic N) is 2. The molecule has 2 heterocycles. The van der Waals surface area contributed by atoms with E-state index in [1.165, 1.54) is 30.4 Å². The van der Waals surface area contributed by atoms with Crippen molar-refractivity contribution in [2.45, 2.75) is 0 Å². The molecule has 148 valence electrons. The molecule has 0 fully saturated rings. The van der Waals surface area contributed by atoms with E-state index in [0.29, 0.717) is 35.1 Å². The minimum Gasteiger partial charge on any atom is -0.298 e. The molecule has 0 saturated heterocycles. The Bertz CT molecular complexity index is 1080. The first-order valence-corrected chi connectivity index (χ1v) is 8.67. The third-order valence-corrected chi connectivity index (χ3v) is 4.17. The molecule has 8 nitrogen and oxygen atoms in total. The summed E-state index contributed by atoms with van der Waals surface area (Å²) in [5.74, 6) is -1.50. The van der Waals surface area contributed by atoms with E-state index in [4.69, 9.17) is 0 Å². The minimum atomic E-state index is -0.386. The van der Waals surface area contributed by atoms with Crippen molar-refractivity contribution in [2.24, 2.45) is 0 Å². The zero-order chi connectivity index (χ0) is 21.7. The molecular formula is C22H14N2O6. The Morgan fingerprint density at radius 3 is 1.47 bits per heavy atom. The van der Waals surface area contributed by atoms with Gasteiger partial charge in [-0.3, -0.25) is 28.8 Å². The minimum absolute atomic E-state index is 0.362. The topological polar surface area (TPSA) is 109 Å². The fourth-order valence-electron chi connectivity index (χ4n) is 2.75. The maximum absolute atomic E-state index is 11.3. The first kappa shape index (κ1) is 20.3. The van der Waals surface area contributed by atoms with Crippen LogP contribution in [-0.4, -0.2) is 36.2 Å². The molecule has 0 spiro atoms. The molecule has 0 aromatic heterocycles. The predicted molar refractivity (Wildman–Crippen MR) is 107 cm³/mol.